The Morgan fingerprint density at radius 2 is 2.15 bits per heavy atom. The number of hydrogen-bond acceptors (Lipinski definition) is 2. The van der Waals surface area contributed by atoms with Gasteiger partial charge in [-0.05, 0) is 24.8 Å². The number of anilines is 1. The van der Waals surface area contributed by atoms with Gasteiger partial charge in [-0.25, -0.2) is 4.39 Å². The fourth-order valence-electron chi connectivity index (χ4n) is 1.12. The molecule has 1 aromatic carbocycles. The Balaban J connectivity index is 3.39. The molecule has 13 heavy (non-hydrogen) atoms. The van der Waals surface area contributed by atoms with E-state index in [2.05, 4.69) is 5.32 Å². The summed E-state index contributed by atoms with van der Waals surface area (Å²) in [6.07, 6.45) is 1.87. The number of benzene rings is 1. The van der Waals surface area contributed by atoms with Crippen molar-refractivity contribution in [2.24, 2.45) is 0 Å². The quantitative estimate of drug-likeness (QED) is 0.764. The van der Waals surface area contributed by atoms with Crippen LogP contribution >= 0.6 is 23.4 Å². The highest BCUT2D eigenvalue weighted by atomic mass is 35.5. The molecule has 4 heteroatoms. The summed E-state index contributed by atoms with van der Waals surface area (Å²) >= 11 is 7.28. The van der Waals surface area contributed by atoms with Gasteiger partial charge in [0.25, 0.3) is 0 Å². The van der Waals surface area contributed by atoms with Crippen LogP contribution in [-0.4, -0.2) is 13.3 Å². The molecule has 0 unspecified atom stereocenters. The van der Waals surface area contributed by atoms with E-state index < -0.39 is 0 Å². The predicted octanol–water partition coefficient (Wildman–Crippen LogP) is 3.55. The van der Waals surface area contributed by atoms with Crippen LogP contribution in [0.1, 0.15) is 5.56 Å². The van der Waals surface area contributed by atoms with E-state index in [0.29, 0.717) is 5.56 Å². The van der Waals surface area contributed by atoms with Crippen molar-refractivity contribution in [3.8, 4) is 0 Å². The largest absolute Gasteiger partial charge is 0.387 e. The Kier molecular flexibility index (Phi) is 3.45. The molecule has 0 saturated carbocycles. The Labute approximate surface area is 86.7 Å². The molecule has 1 N–H and O–H groups in total. The highest BCUT2D eigenvalue weighted by Gasteiger charge is 2.12. The molecule has 0 aliphatic carbocycles. The third-order valence-corrected chi connectivity index (χ3v) is 3.12. The zero-order valence-corrected chi connectivity index (χ0v) is 9.31. The highest BCUT2D eigenvalue weighted by molar-refractivity contribution is 7.98. The summed E-state index contributed by atoms with van der Waals surface area (Å²) in [5, 5.41) is 3.19. The minimum Gasteiger partial charge on any atom is -0.387 e. The average Bonchev–Trinajstić information content (AvgIpc) is 2.13. The van der Waals surface area contributed by atoms with E-state index in [9.17, 15) is 4.39 Å². The Bertz CT molecular complexity index is 328. The zero-order valence-electron chi connectivity index (χ0n) is 7.74. The maximum Gasteiger partial charge on any atom is 0.145 e. The van der Waals surface area contributed by atoms with Crippen molar-refractivity contribution in [2.75, 3.05) is 18.6 Å². The number of nitrogens with one attached hydrogen (secondary N) is 1. The molecule has 0 atom stereocenters. The lowest BCUT2D eigenvalue weighted by atomic mass is 10.2. The molecule has 1 aromatic rings. The first kappa shape index (κ1) is 10.7. The van der Waals surface area contributed by atoms with Gasteiger partial charge in [0.05, 0.1) is 9.92 Å². The Morgan fingerprint density at radius 3 is 2.62 bits per heavy atom. The number of rotatable bonds is 2. The maximum absolute atomic E-state index is 13.3. The molecule has 0 spiro atoms. The van der Waals surface area contributed by atoms with E-state index in [4.69, 9.17) is 11.6 Å². The van der Waals surface area contributed by atoms with E-state index in [1.54, 1.807) is 20.0 Å². The van der Waals surface area contributed by atoms with E-state index in [-0.39, 0.29) is 10.8 Å². The summed E-state index contributed by atoms with van der Waals surface area (Å²) < 4.78 is 13.3. The van der Waals surface area contributed by atoms with Gasteiger partial charge >= 0.3 is 0 Å². The minimum atomic E-state index is -0.329. The number of hydrogen-bond donors (Lipinski definition) is 1. The van der Waals surface area contributed by atoms with Gasteiger partial charge in [0.1, 0.15) is 5.82 Å². The summed E-state index contributed by atoms with van der Waals surface area (Å²) in [5.74, 6) is -0.329. The van der Waals surface area contributed by atoms with E-state index in [0.717, 1.165) is 10.6 Å². The topological polar surface area (TPSA) is 12.0 Å². The fraction of sp³-hybridized carbons (Fsp3) is 0.333. The molecule has 72 valence electrons. The van der Waals surface area contributed by atoms with Gasteiger partial charge in [-0.3, -0.25) is 0 Å². The fourth-order valence-corrected chi connectivity index (χ4v) is 2.25. The summed E-state index contributed by atoms with van der Waals surface area (Å²) in [4.78, 5) is 0.757. The summed E-state index contributed by atoms with van der Waals surface area (Å²) in [6.45, 7) is 1.70. The first-order valence-corrected chi connectivity index (χ1v) is 5.42. The summed E-state index contributed by atoms with van der Waals surface area (Å²) in [5.41, 5.74) is 1.43. The van der Waals surface area contributed by atoms with Crippen LogP contribution in [0.2, 0.25) is 5.02 Å². The average molecular weight is 220 g/mol. The molecule has 0 saturated heterocycles. The van der Waals surface area contributed by atoms with Crippen molar-refractivity contribution < 1.29 is 4.39 Å². The van der Waals surface area contributed by atoms with Crippen LogP contribution in [0.25, 0.3) is 0 Å². The Morgan fingerprint density at radius 1 is 1.54 bits per heavy atom. The Hall–Kier alpha value is -0.410. The first-order chi connectivity index (χ1) is 6.11. The van der Waals surface area contributed by atoms with Crippen molar-refractivity contribution in [3.05, 3.63) is 22.5 Å². The molecule has 0 bridgehead atoms. The zero-order chi connectivity index (χ0) is 10.0. The van der Waals surface area contributed by atoms with Crippen molar-refractivity contribution in [3.63, 3.8) is 0 Å². The standard InChI is InChI=1S/C9H11ClFNS/c1-5-4-6(12-2)9(13-3)7(10)8(5)11/h4,12H,1-3H3. The van der Waals surface area contributed by atoms with E-state index in [1.165, 1.54) is 11.8 Å². The van der Waals surface area contributed by atoms with Crippen LogP contribution in [0.3, 0.4) is 0 Å². The van der Waals surface area contributed by atoms with Gasteiger partial charge in [0.15, 0.2) is 0 Å². The van der Waals surface area contributed by atoms with Gasteiger partial charge in [-0.1, -0.05) is 11.6 Å². The summed E-state index contributed by atoms with van der Waals surface area (Å²) in [7, 11) is 1.79. The van der Waals surface area contributed by atoms with Crippen LogP contribution in [0.15, 0.2) is 11.0 Å². The van der Waals surface area contributed by atoms with Crippen LogP contribution in [-0.2, 0) is 0 Å². The molecule has 0 aromatic heterocycles. The molecule has 0 aliphatic rings. The maximum atomic E-state index is 13.3. The lowest BCUT2D eigenvalue weighted by molar-refractivity contribution is 0.615. The van der Waals surface area contributed by atoms with E-state index in [1.807, 2.05) is 6.26 Å². The van der Waals surface area contributed by atoms with Gasteiger partial charge in [0.2, 0.25) is 0 Å². The normalized spacial score (nSPS) is 10.2. The third-order valence-electron chi connectivity index (χ3n) is 1.82. The molecular formula is C9H11ClFNS. The predicted molar refractivity (Wildman–Crippen MR) is 57.5 cm³/mol. The number of aryl methyl sites for hydroxylation is 1. The molecule has 0 radical (unpaired) electrons. The van der Waals surface area contributed by atoms with Crippen LogP contribution < -0.4 is 5.32 Å². The van der Waals surface area contributed by atoms with E-state index >= 15 is 0 Å². The van der Waals surface area contributed by atoms with Crippen molar-refractivity contribution in [1.29, 1.82) is 0 Å². The lowest BCUT2D eigenvalue weighted by Crippen LogP contribution is -1.95. The molecular weight excluding hydrogens is 209 g/mol. The molecule has 1 nitrogen and oxygen atoms in total. The summed E-state index contributed by atoms with van der Waals surface area (Å²) in [6, 6.07) is 1.76. The van der Waals surface area contributed by atoms with Crippen LogP contribution in [0, 0.1) is 12.7 Å². The van der Waals surface area contributed by atoms with Crippen molar-refractivity contribution in [1.82, 2.24) is 0 Å². The van der Waals surface area contributed by atoms with Gasteiger partial charge in [-0.2, -0.15) is 0 Å². The second kappa shape index (κ2) is 4.20. The third kappa shape index (κ3) is 1.92. The number of thioether (sulfide) groups is 1. The van der Waals surface area contributed by atoms with Gasteiger partial charge in [-0.15, -0.1) is 11.8 Å². The molecule has 1 rings (SSSR count). The van der Waals surface area contributed by atoms with Crippen molar-refractivity contribution in [2.45, 2.75) is 11.8 Å². The minimum absolute atomic E-state index is 0.205. The van der Waals surface area contributed by atoms with Crippen molar-refractivity contribution >= 4 is 29.1 Å². The van der Waals surface area contributed by atoms with Crippen LogP contribution in [0.5, 0.6) is 0 Å². The smallest absolute Gasteiger partial charge is 0.145 e. The monoisotopic (exact) mass is 219 g/mol. The second-order valence-corrected chi connectivity index (χ2v) is 3.85. The first-order valence-electron chi connectivity index (χ1n) is 3.82. The molecule has 0 amide bonds. The molecule has 0 heterocycles. The number of halogens is 2. The highest BCUT2D eigenvalue weighted by Crippen LogP contribution is 2.36. The molecule has 0 fully saturated rings. The second-order valence-electron chi connectivity index (χ2n) is 2.65. The van der Waals surface area contributed by atoms with Gasteiger partial charge in [0, 0.05) is 12.7 Å². The van der Waals surface area contributed by atoms with Gasteiger partial charge < -0.3 is 5.32 Å². The van der Waals surface area contributed by atoms with Crippen LogP contribution in [0.4, 0.5) is 10.1 Å². The molecule has 0 aliphatic heterocycles. The lowest BCUT2D eigenvalue weighted by Gasteiger charge is -2.11. The SMILES string of the molecule is CNc1cc(C)c(F)c(Cl)c1SC.